The van der Waals surface area contributed by atoms with Gasteiger partial charge in [0.25, 0.3) is 0 Å². The van der Waals surface area contributed by atoms with Gasteiger partial charge >= 0.3 is 11.9 Å². The van der Waals surface area contributed by atoms with Gasteiger partial charge < -0.3 is 35.8 Å². The van der Waals surface area contributed by atoms with Crippen molar-refractivity contribution in [3.8, 4) is 11.5 Å². The number of carboxylic acids is 2. The van der Waals surface area contributed by atoms with Crippen molar-refractivity contribution in [2.75, 3.05) is 26.0 Å². The van der Waals surface area contributed by atoms with Crippen molar-refractivity contribution in [1.82, 2.24) is 5.32 Å². The molecule has 0 bridgehead atoms. The van der Waals surface area contributed by atoms with Crippen LogP contribution in [-0.4, -0.2) is 59.7 Å². The number of ether oxygens (including phenoxy) is 2. The number of methoxy groups -OCH3 is 1. The number of nitrogens with one attached hydrogen (secondary N) is 1. The van der Waals surface area contributed by atoms with E-state index in [9.17, 15) is 5.11 Å². The van der Waals surface area contributed by atoms with Crippen LogP contribution in [0.5, 0.6) is 11.5 Å². The van der Waals surface area contributed by atoms with Crippen LogP contribution < -0.4 is 20.5 Å². The fourth-order valence-corrected chi connectivity index (χ4v) is 1.42. The molecular weight excluding hydrogens is 320 g/mol. The van der Waals surface area contributed by atoms with Crippen LogP contribution in [0.1, 0.15) is 13.8 Å². The lowest BCUT2D eigenvalue weighted by molar-refractivity contribution is -0.159. The van der Waals surface area contributed by atoms with Gasteiger partial charge in [0.15, 0.2) is 11.5 Å². The van der Waals surface area contributed by atoms with Gasteiger partial charge in [0.05, 0.1) is 7.11 Å². The Morgan fingerprint density at radius 3 is 2.25 bits per heavy atom. The van der Waals surface area contributed by atoms with E-state index in [1.165, 1.54) is 0 Å². The van der Waals surface area contributed by atoms with Crippen LogP contribution in [-0.2, 0) is 9.59 Å². The number of anilines is 1. The smallest absolute Gasteiger partial charge is 0.414 e. The van der Waals surface area contributed by atoms with E-state index >= 15 is 0 Å². The van der Waals surface area contributed by atoms with Crippen molar-refractivity contribution in [2.24, 2.45) is 0 Å². The summed E-state index contributed by atoms with van der Waals surface area (Å²) < 4.78 is 10.7. The third-order valence-electron chi connectivity index (χ3n) is 2.56. The summed E-state index contributed by atoms with van der Waals surface area (Å²) in [5, 5.41) is 27.6. The SMILES string of the molecule is COc1cc(N)ccc1OCC(O)CNC(C)C.O=C(O)C(=O)O. The molecule has 1 unspecified atom stereocenters. The van der Waals surface area contributed by atoms with E-state index in [2.05, 4.69) is 5.32 Å². The molecule has 0 amide bonds. The lowest BCUT2D eigenvalue weighted by Crippen LogP contribution is -2.35. The van der Waals surface area contributed by atoms with Crippen molar-refractivity contribution >= 4 is 17.6 Å². The molecule has 9 nitrogen and oxygen atoms in total. The first-order chi connectivity index (χ1) is 11.2. The summed E-state index contributed by atoms with van der Waals surface area (Å²) >= 11 is 0. The molecule has 136 valence electrons. The Labute approximate surface area is 140 Å². The second kappa shape index (κ2) is 11.1. The molecule has 0 radical (unpaired) electrons. The van der Waals surface area contributed by atoms with Gasteiger partial charge in [0.1, 0.15) is 12.7 Å². The zero-order valence-electron chi connectivity index (χ0n) is 13.9. The van der Waals surface area contributed by atoms with Crippen molar-refractivity contribution in [2.45, 2.75) is 26.0 Å². The fourth-order valence-electron chi connectivity index (χ4n) is 1.42. The topological polar surface area (TPSA) is 151 Å². The minimum absolute atomic E-state index is 0.208. The van der Waals surface area contributed by atoms with Crippen LogP contribution in [0.15, 0.2) is 18.2 Å². The number of carboxylic acid groups (broad SMARTS) is 2. The number of rotatable bonds is 7. The summed E-state index contributed by atoms with van der Waals surface area (Å²) in [5.41, 5.74) is 6.26. The second-order valence-corrected chi connectivity index (χ2v) is 5.05. The highest BCUT2D eigenvalue weighted by Crippen LogP contribution is 2.28. The Morgan fingerprint density at radius 1 is 1.21 bits per heavy atom. The Hall–Kier alpha value is -2.52. The van der Waals surface area contributed by atoms with Crippen molar-refractivity contribution in [3.05, 3.63) is 18.2 Å². The van der Waals surface area contributed by atoms with Crippen LogP contribution in [0.3, 0.4) is 0 Å². The number of aliphatic hydroxyl groups is 1. The second-order valence-electron chi connectivity index (χ2n) is 5.05. The molecule has 0 saturated heterocycles. The van der Waals surface area contributed by atoms with Gasteiger partial charge in [-0.05, 0) is 12.1 Å². The number of nitrogen functional groups attached to an aromatic ring is 1. The van der Waals surface area contributed by atoms with E-state index in [0.29, 0.717) is 29.8 Å². The van der Waals surface area contributed by atoms with E-state index in [0.717, 1.165) is 0 Å². The molecule has 1 aromatic rings. The van der Waals surface area contributed by atoms with E-state index in [1.807, 2.05) is 13.8 Å². The quantitative estimate of drug-likeness (QED) is 0.344. The Bertz CT molecular complexity index is 523. The molecule has 6 N–H and O–H groups in total. The minimum Gasteiger partial charge on any atom is -0.493 e. The number of aliphatic hydroxyl groups excluding tert-OH is 1. The van der Waals surface area contributed by atoms with E-state index in [1.54, 1.807) is 25.3 Å². The Morgan fingerprint density at radius 2 is 1.79 bits per heavy atom. The first-order valence-corrected chi connectivity index (χ1v) is 7.11. The normalized spacial score (nSPS) is 11.2. The molecule has 0 aromatic heterocycles. The molecule has 0 aliphatic heterocycles. The van der Waals surface area contributed by atoms with Crippen molar-refractivity contribution in [1.29, 1.82) is 0 Å². The summed E-state index contributed by atoms with van der Waals surface area (Å²) in [7, 11) is 1.55. The number of hydrogen-bond donors (Lipinski definition) is 5. The number of hydrogen-bond acceptors (Lipinski definition) is 7. The van der Waals surface area contributed by atoms with Crippen LogP contribution in [0.2, 0.25) is 0 Å². The largest absolute Gasteiger partial charge is 0.493 e. The molecule has 24 heavy (non-hydrogen) atoms. The third kappa shape index (κ3) is 9.49. The van der Waals surface area contributed by atoms with Gasteiger partial charge in [0, 0.05) is 24.3 Å². The summed E-state index contributed by atoms with van der Waals surface area (Å²) in [4.78, 5) is 18.2. The number of aliphatic carboxylic acids is 2. The summed E-state index contributed by atoms with van der Waals surface area (Å²) in [6.07, 6.45) is -0.561. The average Bonchev–Trinajstić information content (AvgIpc) is 2.51. The molecule has 0 saturated carbocycles. The van der Waals surface area contributed by atoms with Gasteiger partial charge in [-0.3, -0.25) is 0 Å². The first-order valence-electron chi connectivity index (χ1n) is 7.11. The fraction of sp³-hybridized carbons (Fsp3) is 0.467. The number of nitrogens with two attached hydrogens (primary N) is 1. The van der Waals surface area contributed by atoms with Crippen molar-refractivity contribution in [3.63, 3.8) is 0 Å². The molecule has 0 aliphatic rings. The number of benzene rings is 1. The van der Waals surface area contributed by atoms with Gasteiger partial charge in [-0.2, -0.15) is 0 Å². The lowest BCUT2D eigenvalue weighted by Gasteiger charge is -2.16. The summed E-state index contributed by atoms with van der Waals surface area (Å²) in [5.74, 6) is -2.50. The molecule has 1 atom stereocenters. The van der Waals surface area contributed by atoms with Crippen LogP contribution in [0.4, 0.5) is 5.69 Å². The lowest BCUT2D eigenvalue weighted by atomic mass is 10.3. The number of carbonyl (C=O) groups is 2. The van der Waals surface area contributed by atoms with Gasteiger partial charge in [-0.15, -0.1) is 0 Å². The predicted molar refractivity (Wildman–Crippen MR) is 87.3 cm³/mol. The maximum absolute atomic E-state index is 9.72. The van der Waals surface area contributed by atoms with E-state index in [-0.39, 0.29) is 6.61 Å². The van der Waals surface area contributed by atoms with Crippen LogP contribution >= 0.6 is 0 Å². The standard InChI is InChI=1S/C13H22N2O3.C2H2O4/c1-9(2)15-7-11(16)8-18-12-5-4-10(14)6-13(12)17-3;3-1(4)2(5)6/h4-6,9,11,15-16H,7-8,14H2,1-3H3;(H,3,4)(H,5,6). The van der Waals surface area contributed by atoms with Crippen LogP contribution in [0, 0.1) is 0 Å². The van der Waals surface area contributed by atoms with E-state index in [4.69, 9.17) is 35.0 Å². The van der Waals surface area contributed by atoms with Gasteiger partial charge in [0.2, 0.25) is 0 Å². The molecular formula is C15H24N2O7. The molecule has 1 rings (SSSR count). The zero-order chi connectivity index (χ0) is 18.7. The third-order valence-corrected chi connectivity index (χ3v) is 2.56. The average molecular weight is 344 g/mol. The predicted octanol–water partition coefficient (Wildman–Crippen LogP) is 0.171. The highest BCUT2D eigenvalue weighted by Gasteiger charge is 2.09. The molecule has 0 heterocycles. The summed E-state index contributed by atoms with van der Waals surface area (Å²) in [6.45, 7) is 4.75. The highest BCUT2D eigenvalue weighted by atomic mass is 16.5. The van der Waals surface area contributed by atoms with Gasteiger partial charge in [-0.1, -0.05) is 13.8 Å². The summed E-state index contributed by atoms with van der Waals surface area (Å²) in [6, 6.07) is 5.49. The van der Waals surface area contributed by atoms with Crippen LogP contribution in [0.25, 0.3) is 0 Å². The molecule has 0 spiro atoms. The van der Waals surface area contributed by atoms with Crippen molar-refractivity contribution < 1.29 is 34.4 Å². The highest BCUT2D eigenvalue weighted by molar-refractivity contribution is 6.27. The first kappa shape index (κ1) is 21.5. The minimum atomic E-state index is -1.82. The molecule has 0 aliphatic carbocycles. The Balaban J connectivity index is 0.000000754. The van der Waals surface area contributed by atoms with E-state index < -0.39 is 18.0 Å². The maximum atomic E-state index is 9.72. The monoisotopic (exact) mass is 344 g/mol. The zero-order valence-corrected chi connectivity index (χ0v) is 13.9. The molecule has 9 heteroatoms. The Kier molecular flexibility index (Phi) is 9.92. The van der Waals surface area contributed by atoms with Gasteiger partial charge in [-0.25, -0.2) is 9.59 Å². The maximum Gasteiger partial charge on any atom is 0.414 e. The molecule has 0 fully saturated rings. The molecule has 1 aromatic carbocycles.